The van der Waals surface area contributed by atoms with E-state index in [1.807, 2.05) is 0 Å². The van der Waals surface area contributed by atoms with Crippen LogP contribution in [0.2, 0.25) is 0 Å². The fourth-order valence-corrected chi connectivity index (χ4v) is 0. The molecule has 0 radical (unpaired) electrons. The van der Waals surface area contributed by atoms with Gasteiger partial charge in [0.05, 0.1) is 0 Å². The van der Waals surface area contributed by atoms with Gasteiger partial charge >= 0.3 is 124 Å². The van der Waals surface area contributed by atoms with E-state index in [1.165, 1.54) is 0 Å². The Balaban J connectivity index is 0. The molecule has 0 aromatic heterocycles. The van der Waals surface area contributed by atoms with Crippen LogP contribution in [0, 0.1) is 0 Å². The van der Waals surface area contributed by atoms with Crippen LogP contribution in [0.3, 0.4) is 0 Å². The quantitative estimate of drug-likeness (QED) is 0.379. The molecule has 0 amide bonds. The Morgan fingerprint density at radius 2 is 0.333 bits per heavy atom. The number of rotatable bonds is 0. The predicted molar refractivity (Wildman–Crippen MR) is 11.6 cm³/mol. The van der Waals surface area contributed by atoms with E-state index in [4.69, 9.17) is 0 Å². The monoisotopic (exact) mass is 375 g/mol. The van der Waals surface area contributed by atoms with Gasteiger partial charge in [-0.2, -0.15) is 0 Å². The Bertz CT molecular complexity index is 11.0. The number of hydrogen-bond acceptors (Lipinski definition) is 6. The summed E-state index contributed by atoms with van der Waals surface area (Å²) in [4.78, 5) is 0. The minimum absolute atomic E-state index is 0. The molecule has 0 aromatic carbocycles. The van der Waals surface area contributed by atoms with Crippen molar-refractivity contribution < 1.29 is 157 Å². The van der Waals surface area contributed by atoms with Gasteiger partial charge in [0.1, 0.15) is 0 Å². The third-order valence-electron chi connectivity index (χ3n) is 0. The second-order valence-electron chi connectivity index (χ2n) is 0. The molecule has 0 aliphatic carbocycles. The van der Waals surface area contributed by atoms with Gasteiger partial charge in [0, 0.05) is 0 Å². The first-order valence-corrected chi connectivity index (χ1v) is 0. The molecule has 0 rings (SSSR count). The summed E-state index contributed by atoms with van der Waals surface area (Å²) >= 11 is 0. The fraction of sp³-hybridized carbons (Fsp3) is 0. The molecular weight excluding hydrogens is 369 g/mol. The van der Waals surface area contributed by atoms with Gasteiger partial charge < -0.3 is 32.9 Å². The molecule has 0 spiro atoms. The molecule has 0 heterocycles. The van der Waals surface area contributed by atoms with E-state index in [-0.39, 0.29) is 157 Å². The van der Waals surface area contributed by atoms with Crippen molar-refractivity contribution in [2.75, 3.05) is 0 Å². The van der Waals surface area contributed by atoms with Crippen LogP contribution in [0.25, 0.3) is 0 Å². The van der Waals surface area contributed by atoms with E-state index in [9.17, 15) is 0 Å². The molecule has 0 atom stereocenters. The molecule has 0 unspecified atom stereocenters. The Hall–Kier alpha value is 3.72. The summed E-state index contributed by atoms with van der Waals surface area (Å²) in [6, 6.07) is 0. The summed E-state index contributed by atoms with van der Waals surface area (Å²) in [7, 11) is 0. The zero-order chi connectivity index (χ0) is 0. The summed E-state index contributed by atoms with van der Waals surface area (Å²) in [6.45, 7) is 0. The van der Waals surface area contributed by atoms with Crippen molar-refractivity contribution in [3.63, 3.8) is 0 Å². The normalized spacial score (nSPS) is 0. The summed E-state index contributed by atoms with van der Waals surface area (Å²) in [6.07, 6.45) is 0. The zero-order valence-corrected chi connectivity index (χ0v) is 13.5. The third-order valence-corrected chi connectivity index (χ3v) is 0. The second-order valence-corrected chi connectivity index (χ2v) is 0. The van der Waals surface area contributed by atoms with Crippen molar-refractivity contribution in [3.8, 4) is 0 Å². The first-order chi connectivity index (χ1) is 0. The topological polar surface area (TPSA) is 180 Å². The largest absolute Gasteiger partial charge is 4.00 e. The zero-order valence-electron chi connectivity index (χ0n) is 5.00. The van der Waals surface area contributed by atoms with Gasteiger partial charge in [-0.05, 0) is 0 Å². The first-order valence-electron chi connectivity index (χ1n) is 0. The minimum Gasteiger partial charge on any atom is -0.870 e. The maximum absolute atomic E-state index is 0. The molecule has 9 heavy (non-hydrogen) atoms. The summed E-state index contributed by atoms with van der Waals surface area (Å²) in [5.74, 6) is 0. The van der Waals surface area contributed by atoms with E-state index in [1.54, 1.807) is 0 Å². The Labute approximate surface area is 152 Å². The van der Waals surface area contributed by atoms with Crippen LogP contribution in [-0.4, -0.2) is 32.9 Å². The van der Waals surface area contributed by atoms with Crippen LogP contribution < -0.4 is 103 Å². The van der Waals surface area contributed by atoms with Gasteiger partial charge in [-0.25, -0.2) is 0 Å². The SMILES string of the molecule is [K+].[K+].[OH-].[OH-].[OH-].[OH-].[OH-].[OH-].[Pt+4]. The predicted octanol–water partition coefficient (Wildman–Crippen LogP) is -7.06. The molecular formula is H6K2O6Pt. The van der Waals surface area contributed by atoms with Crippen LogP contribution in [0.1, 0.15) is 0 Å². The first kappa shape index (κ1) is 126. The van der Waals surface area contributed by atoms with Gasteiger partial charge in [-0.15, -0.1) is 0 Å². The third kappa shape index (κ3) is 80.0. The summed E-state index contributed by atoms with van der Waals surface area (Å²) in [5, 5.41) is 0. The fourth-order valence-electron chi connectivity index (χ4n) is 0. The van der Waals surface area contributed by atoms with E-state index in [0.29, 0.717) is 0 Å². The standard InChI is InChI=1S/2K.6H2O.Pt/h;;6*1H2;/q2*+1;;;;;;;+4/p-6. The van der Waals surface area contributed by atoms with E-state index < -0.39 is 0 Å². The molecule has 9 heteroatoms. The smallest absolute Gasteiger partial charge is 0.870 e. The van der Waals surface area contributed by atoms with Crippen molar-refractivity contribution in [2.45, 2.75) is 0 Å². The molecule has 0 aliphatic rings. The average molecular weight is 375 g/mol. The molecule has 0 saturated carbocycles. The van der Waals surface area contributed by atoms with Crippen molar-refractivity contribution in [3.05, 3.63) is 0 Å². The molecule has 0 fully saturated rings. The van der Waals surface area contributed by atoms with Crippen LogP contribution in [0.5, 0.6) is 0 Å². The van der Waals surface area contributed by atoms with Crippen molar-refractivity contribution in [2.24, 2.45) is 0 Å². The average Bonchev–Trinajstić information content (AvgIpc) is 0. The van der Waals surface area contributed by atoms with Crippen LogP contribution in [0.15, 0.2) is 0 Å². The van der Waals surface area contributed by atoms with Gasteiger partial charge in [0.15, 0.2) is 0 Å². The summed E-state index contributed by atoms with van der Waals surface area (Å²) < 4.78 is 0. The van der Waals surface area contributed by atoms with Crippen LogP contribution in [-0.2, 0) is 21.1 Å². The number of hydrogen-bond donors (Lipinski definition) is 0. The minimum atomic E-state index is 0. The maximum Gasteiger partial charge on any atom is 4.00 e. The Morgan fingerprint density at radius 3 is 0.333 bits per heavy atom. The molecule has 0 bridgehead atoms. The van der Waals surface area contributed by atoms with Crippen LogP contribution in [0.4, 0.5) is 0 Å². The van der Waals surface area contributed by atoms with E-state index in [0.717, 1.165) is 0 Å². The maximum atomic E-state index is 0. The Kier molecular flexibility index (Phi) is 1360. The summed E-state index contributed by atoms with van der Waals surface area (Å²) in [5.41, 5.74) is 0. The van der Waals surface area contributed by atoms with Crippen LogP contribution >= 0.6 is 0 Å². The molecule has 6 nitrogen and oxygen atoms in total. The van der Waals surface area contributed by atoms with E-state index >= 15 is 0 Å². The molecule has 6 N–H and O–H groups in total. The van der Waals surface area contributed by atoms with Gasteiger partial charge in [0.25, 0.3) is 0 Å². The van der Waals surface area contributed by atoms with Crippen molar-refractivity contribution in [1.29, 1.82) is 0 Å². The molecule has 0 aromatic rings. The van der Waals surface area contributed by atoms with Gasteiger partial charge in [-0.1, -0.05) is 0 Å². The van der Waals surface area contributed by atoms with Gasteiger partial charge in [-0.3, -0.25) is 0 Å². The van der Waals surface area contributed by atoms with Crippen molar-refractivity contribution in [1.82, 2.24) is 0 Å². The molecule has 54 valence electrons. The van der Waals surface area contributed by atoms with E-state index in [2.05, 4.69) is 0 Å². The van der Waals surface area contributed by atoms with Crippen molar-refractivity contribution >= 4 is 0 Å². The molecule has 0 saturated heterocycles. The molecule has 0 aliphatic heterocycles. The van der Waals surface area contributed by atoms with Gasteiger partial charge in [0.2, 0.25) is 0 Å². The second kappa shape index (κ2) is 97.3. The Morgan fingerprint density at radius 1 is 0.333 bits per heavy atom.